The highest BCUT2D eigenvalue weighted by atomic mass is 16.3. The minimum Gasteiger partial charge on any atom is -0.456 e. The van der Waals surface area contributed by atoms with Crippen LogP contribution in [-0.2, 0) is 10.8 Å². The van der Waals surface area contributed by atoms with E-state index >= 15 is 0 Å². The highest BCUT2D eigenvalue weighted by Crippen LogP contribution is 2.49. The Morgan fingerprint density at radius 1 is 0.391 bits per heavy atom. The number of para-hydroxylation sites is 5. The van der Waals surface area contributed by atoms with Crippen molar-refractivity contribution in [2.75, 3.05) is 4.90 Å². The van der Waals surface area contributed by atoms with Crippen LogP contribution in [0, 0.1) is 0 Å². The van der Waals surface area contributed by atoms with Gasteiger partial charge in [-0.05, 0) is 110 Å². The van der Waals surface area contributed by atoms with Crippen molar-refractivity contribution in [3.63, 3.8) is 0 Å². The van der Waals surface area contributed by atoms with Gasteiger partial charge in [0.05, 0.1) is 27.8 Å². The summed E-state index contributed by atoms with van der Waals surface area (Å²) in [5.41, 5.74) is 18.2. The van der Waals surface area contributed by atoms with Crippen molar-refractivity contribution < 1.29 is 4.42 Å². The van der Waals surface area contributed by atoms with Gasteiger partial charge >= 0.3 is 0 Å². The maximum Gasteiger partial charge on any atom is 0.137 e. The van der Waals surface area contributed by atoms with Crippen molar-refractivity contribution in [2.45, 2.75) is 52.4 Å². The molecule has 0 radical (unpaired) electrons. The largest absolute Gasteiger partial charge is 0.456 e. The van der Waals surface area contributed by atoms with Crippen LogP contribution in [0.25, 0.3) is 93.6 Å². The second-order valence-electron chi connectivity index (χ2n) is 20.5. The molecular weight excluding hydrogens is 837 g/mol. The normalized spacial score (nSPS) is 12.2. The van der Waals surface area contributed by atoms with Gasteiger partial charge in [-0.15, -0.1) is 0 Å². The molecule has 12 rings (SSSR count). The lowest BCUT2D eigenvalue weighted by Crippen LogP contribution is -2.16. The Labute approximate surface area is 404 Å². The van der Waals surface area contributed by atoms with Crippen LogP contribution < -0.4 is 4.90 Å². The number of hydrogen-bond acceptors (Lipinski definition) is 2. The molecule has 12 aromatic rings. The molecule has 0 spiro atoms. The quantitative estimate of drug-likeness (QED) is 0.159. The molecule has 0 aliphatic heterocycles. The van der Waals surface area contributed by atoms with Crippen LogP contribution in [0.4, 0.5) is 17.1 Å². The van der Waals surface area contributed by atoms with E-state index in [1.807, 2.05) is 6.07 Å². The number of hydrogen-bond donors (Lipinski definition) is 0. The number of nitrogens with zero attached hydrogens (tertiary/aromatic N) is 2. The fourth-order valence-electron chi connectivity index (χ4n) is 10.6. The van der Waals surface area contributed by atoms with Gasteiger partial charge in [-0.2, -0.15) is 0 Å². The Hall–Kier alpha value is -8.14. The SMILES string of the molecule is CC(C)(C)c1cc(-c2cccc3cccc(-c4ccccc4N(c4ccc(-c5cccc6c7ccccc7n(-c7ccccc7)c56)cc4)c4cccc5oc6ccccc6c45)c23)cc(C(C)(C)C)c1. The molecule has 0 atom stereocenters. The molecule has 2 heterocycles. The summed E-state index contributed by atoms with van der Waals surface area (Å²) in [6.45, 7) is 13.9. The molecular formula is C66H54N2O. The summed E-state index contributed by atoms with van der Waals surface area (Å²) in [6.07, 6.45) is 0. The predicted octanol–water partition coefficient (Wildman–Crippen LogP) is 18.9. The minimum absolute atomic E-state index is 0.0167. The fourth-order valence-corrected chi connectivity index (χ4v) is 10.6. The minimum atomic E-state index is -0.0167. The first-order valence-electron chi connectivity index (χ1n) is 24.2. The first-order chi connectivity index (χ1) is 33.5. The number of benzene rings is 10. The van der Waals surface area contributed by atoms with E-state index in [1.54, 1.807) is 0 Å². The first-order valence-corrected chi connectivity index (χ1v) is 24.2. The first kappa shape index (κ1) is 42.2. The van der Waals surface area contributed by atoms with Gasteiger partial charge < -0.3 is 13.9 Å². The third-order valence-corrected chi connectivity index (χ3v) is 14.1. The van der Waals surface area contributed by atoms with E-state index in [9.17, 15) is 0 Å². The summed E-state index contributed by atoms with van der Waals surface area (Å²) < 4.78 is 9.00. The Bertz CT molecular complexity index is 3870. The molecule has 0 fully saturated rings. The second-order valence-corrected chi connectivity index (χ2v) is 20.5. The summed E-state index contributed by atoms with van der Waals surface area (Å²) in [6, 6.07) is 80.0. The third-order valence-electron chi connectivity index (χ3n) is 14.1. The molecule has 0 bridgehead atoms. The number of anilines is 3. The molecule has 0 saturated heterocycles. The summed E-state index contributed by atoms with van der Waals surface area (Å²) in [7, 11) is 0. The predicted molar refractivity (Wildman–Crippen MR) is 294 cm³/mol. The molecule has 3 nitrogen and oxygen atoms in total. The van der Waals surface area contributed by atoms with E-state index < -0.39 is 0 Å². The Kier molecular flexibility index (Phi) is 9.97. The zero-order valence-corrected chi connectivity index (χ0v) is 40.1. The average Bonchev–Trinajstić information content (AvgIpc) is 3.93. The van der Waals surface area contributed by atoms with E-state index in [0.29, 0.717) is 0 Å². The van der Waals surface area contributed by atoms with Crippen LogP contribution >= 0.6 is 0 Å². The van der Waals surface area contributed by atoms with Gasteiger partial charge in [-0.1, -0.05) is 205 Å². The molecule has 3 heteroatoms. The van der Waals surface area contributed by atoms with E-state index in [-0.39, 0.29) is 10.8 Å². The highest BCUT2D eigenvalue weighted by molar-refractivity contribution is 6.16. The number of rotatable bonds is 7. The number of fused-ring (bicyclic) bond motifs is 7. The Morgan fingerprint density at radius 2 is 0.957 bits per heavy atom. The zero-order chi connectivity index (χ0) is 47.0. The van der Waals surface area contributed by atoms with Gasteiger partial charge in [0.15, 0.2) is 0 Å². The van der Waals surface area contributed by atoms with Gasteiger partial charge in [0.2, 0.25) is 0 Å². The smallest absolute Gasteiger partial charge is 0.137 e. The van der Waals surface area contributed by atoms with E-state index in [4.69, 9.17) is 4.42 Å². The molecule has 69 heavy (non-hydrogen) atoms. The third kappa shape index (κ3) is 7.20. The fraction of sp³-hybridized carbons (Fsp3) is 0.121. The Balaban J connectivity index is 1.09. The average molecular weight is 891 g/mol. The highest BCUT2D eigenvalue weighted by Gasteiger charge is 2.26. The van der Waals surface area contributed by atoms with Crippen LogP contribution in [0.5, 0.6) is 0 Å². The second kappa shape index (κ2) is 16.3. The van der Waals surface area contributed by atoms with Gasteiger partial charge in [-0.3, -0.25) is 0 Å². The van der Waals surface area contributed by atoms with E-state index in [0.717, 1.165) is 55.8 Å². The van der Waals surface area contributed by atoms with Crippen molar-refractivity contribution in [1.82, 2.24) is 4.57 Å². The summed E-state index contributed by atoms with van der Waals surface area (Å²) in [5, 5.41) is 7.09. The van der Waals surface area contributed by atoms with Gasteiger partial charge in [0.25, 0.3) is 0 Å². The van der Waals surface area contributed by atoms with Crippen LogP contribution in [-0.4, -0.2) is 4.57 Å². The van der Waals surface area contributed by atoms with Gasteiger partial charge in [0.1, 0.15) is 11.2 Å². The molecule has 10 aromatic carbocycles. The van der Waals surface area contributed by atoms with Crippen molar-refractivity contribution in [3.05, 3.63) is 230 Å². The summed E-state index contributed by atoms with van der Waals surface area (Å²) in [5.74, 6) is 0. The van der Waals surface area contributed by atoms with Crippen molar-refractivity contribution >= 4 is 71.6 Å². The standard InChI is InChI=1S/C66H54N2O/c1-65(2,3)46-40-45(41-47(42-46)66(4,5)6)50-27-16-20-44-21-17-29-54(62(44)50)52-24-10-13-31-57(52)67(59-33-19-35-61-63(59)56-26-12-15-34-60(56)69-61)49-38-36-43(37-39-49)51-28-18-30-55-53-25-11-14-32-58(53)68(64(51)55)48-22-8-7-9-23-48/h7-42H,1-6H3. The van der Waals surface area contributed by atoms with Crippen LogP contribution in [0.3, 0.4) is 0 Å². The number of furan rings is 1. The van der Waals surface area contributed by atoms with Gasteiger partial charge in [-0.25, -0.2) is 0 Å². The number of aromatic nitrogens is 1. The topological polar surface area (TPSA) is 21.3 Å². The van der Waals surface area contributed by atoms with Gasteiger partial charge in [0, 0.05) is 38.7 Å². The van der Waals surface area contributed by atoms with Crippen molar-refractivity contribution in [2.24, 2.45) is 0 Å². The molecule has 0 aliphatic rings. The lowest BCUT2D eigenvalue weighted by Gasteiger charge is -2.29. The molecule has 0 saturated carbocycles. The van der Waals surface area contributed by atoms with E-state index in [2.05, 4.69) is 263 Å². The van der Waals surface area contributed by atoms with Crippen molar-refractivity contribution in [3.8, 4) is 39.1 Å². The lowest BCUT2D eigenvalue weighted by atomic mass is 9.78. The zero-order valence-electron chi connectivity index (χ0n) is 40.1. The molecule has 0 amide bonds. The Morgan fingerprint density at radius 3 is 1.71 bits per heavy atom. The molecule has 0 aliphatic carbocycles. The van der Waals surface area contributed by atoms with E-state index in [1.165, 1.54) is 66.0 Å². The monoisotopic (exact) mass is 890 g/mol. The van der Waals surface area contributed by atoms with Crippen molar-refractivity contribution in [1.29, 1.82) is 0 Å². The molecule has 0 unspecified atom stereocenters. The maximum absolute atomic E-state index is 6.58. The van der Waals surface area contributed by atoms with Crippen LogP contribution in [0.1, 0.15) is 52.7 Å². The molecule has 2 aromatic heterocycles. The summed E-state index contributed by atoms with van der Waals surface area (Å²) >= 11 is 0. The van der Waals surface area contributed by atoms with Crippen LogP contribution in [0.15, 0.2) is 223 Å². The van der Waals surface area contributed by atoms with Crippen LogP contribution in [0.2, 0.25) is 0 Å². The molecule has 334 valence electrons. The molecule has 0 N–H and O–H groups in total. The summed E-state index contributed by atoms with van der Waals surface area (Å²) in [4.78, 5) is 2.45. The lowest BCUT2D eigenvalue weighted by molar-refractivity contribution is 0.569. The maximum atomic E-state index is 6.58.